The predicted molar refractivity (Wildman–Crippen MR) is 93.2 cm³/mol. The van der Waals surface area contributed by atoms with E-state index < -0.39 is 5.97 Å². The molecule has 0 aliphatic carbocycles. The third kappa shape index (κ3) is 4.13. The lowest BCUT2D eigenvalue weighted by atomic mass is 9.89. The maximum atomic E-state index is 10.8. The Bertz CT molecular complexity index is 702. The first-order chi connectivity index (χ1) is 10.9. The maximum absolute atomic E-state index is 10.8. The maximum Gasteiger partial charge on any atom is 0.303 e. The molecule has 0 aromatic heterocycles. The van der Waals surface area contributed by atoms with E-state index in [9.17, 15) is 4.79 Å². The van der Waals surface area contributed by atoms with Gasteiger partial charge in [0.2, 0.25) is 0 Å². The van der Waals surface area contributed by atoms with Gasteiger partial charge in [0.15, 0.2) is 0 Å². The fourth-order valence-electron chi connectivity index (χ4n) is 2.78. The van der Waals surface area contributed by atoms with Gasteiger partial charge in [0, 0.05) is 12.0 Å². The van der Waals surface area contributed by atoms with Crippen LogP contribution in [0, 0.1) is 6.92 Å². The summed E-state index contributed by atoms with van der Waals surface area (Å²) < 4.78 is 5.53. The van der Waals surface area contributed by atoms with E-state index >= 15 is 0 Å². The van der Waals surface area contributed by atoms with Crippen LogP contribution in [0.2, 0.25) is 0 Å². The summed E-state index contributed by atoms with van der Waals surface area (Å²) in [6.07, 6.45) is 0.659. The van der Waals surface area contributed by atoms with Crippen molar-refractivity contribution in [3.8, 4) is 16.9 Å². The summed E-state index contributed by atoms with van der Waals surface area (Å²) in [6.45, 7) is 6.45. The minimum Gasteiger partial charge on any atom is -0.496 e. The van der Waals surface area contributed by atoms with Crippen LogP contribution in [0.15, 0.2) is 36.4 Å². The number of rotatable bonds is 6. The molecule has 3 nitrogen and oxygen atoms in total. The number of aliphatic carboxylic acids is 1. The Morgan fingerprint density at radius 1 is 1.13 bits per heavy atom. The first kappa shape index (κ1) is 17.1. The second-order valence-corrected chi connectivity index (χ2v) is 6.17. The molecule has 0 saturated heterocycles. The molecule has 0 heterocycles. The van der Waals surface area contributed by atoms with Gasteiger partial charge in [0.1, 0.15) is 5.75 Å². The van der Waals surface area contributed by atoms with E-state index in [-0.39, 0.29) is 6.42 Å². The molecular formula is C20H24O3. The molecule has 2 rings (SSSR count). The fourth-order valence-corrected chi connectivity index (χ4v) is 2.78. The molecule has 0 radical (unpaired) electrons. The van der Waals surface area contributed by atoms with Gasteiger partial charge >= 0.3 is 5.97 Å². The number of carboxylic acids is 1. The highest BCUT2D eigenvalue weighted by Crippen LogP contribution is 2.36. The Morgan fingerprint density at radius 3 is 2.48 bits per heavy atom. The Labute approximate surface area is 137 Å². The smallest absolute Gasteiger partial charge is 0.303 e. The highest BCUT2D eigenvalue weighted by Gasteiger charge is 2.14. The van der Waals surface area contributed by atoms with Gasteiger partial charge in [-0.25, -0.2) is 0 Å². The highest BCUT2D eigenvalue weighted by atomic mass is 16.5. The summed E-state index contributed by atoms with van der Waals surface area (Å²) in [7, 11) is 1.67. The van der Waals surface area contributed by atoms with E-state index in [1.54, 1.807) is 7.11 Å². The van der Waals surface area contributed by atoms with E-state index in [4.69, 9.17) is 9.84 Å². The van der Waals surface area contributed by atoms with Crippen molar-refractivity contribution in [2.24, 2.45) is 0 Å². The zero-order valence-electron chi connectivity index (χ0n) is 14.2. The van der Waals surface area contributed by atoms with Gasteiger partial charge in [-0.15, -0.1) is 0 Å². The lowest BCUT2D eigenvalue weighted by Crippen LogP contribution is -2.00. The van der Waals surface area contributed by atoms with Gasteiger partial charge in [-0.1, -0.05) is 43.7 Å². The summed E-state index contributed by atoms with van der Waals surface area (Å²) in [5, 5.41) is 8.88. The van der Waals surface area contributed by atoms with Crippen LogP contribution in [0.1, 0.15) is 42.9 Å². The number of methoxy groups -OCH3 is 1. The van der Waals surface area contributed by atoms with Crippen LogP contribution in [0.25, 0.3) is 11.1 Å². The predicted octanol–water partition coefficient (Wildman–Crippen LogP) is 4.81. The zero-order valence-corrected chi connectivity index (χ0v) is 14.2. The average molecular weight is 312 g/mol. The second kappa shape index (κ2) is 7.32. The SMILES string of the molecule is COc1ccc(CCC(=O)O)cc1-c1ccc(C)cc1C(C)C. The molecule has 1 N–H and O–H groups in total. The van der Waals surface area contributed by atoms with Gasteiger partial charge in [-0.05, 0) is 48.1 Å². The van der Waals surface area contributed by atoms with Gasteiger partial charge in [-0.3, -0.25) is 4.79 Å². The molecule has 2 aromatic carbocycles. The van der Waals surface area contributed by atoms with Crippen LogP contribution in [-0.4, -0.2) is 18.2 Å². The number of carbonyl (C=O) groups is 1. The van der Waals surface area contributed by atoms with Crippen LogP contribution in [0.5, 0.6) is 5.75 Å². The summed E-state index contributed by atoms with van der Waals surface area (Å²) in [5.41, 5.74) is 5.70. The number of carboxylic acid groups (broad SMARTS) is 1. The van der Waals surface area contributed by atoms with E-state index in [1.807, 2.05) is 12.1 Å². The van der Waals surface area contributed by atoms with Crippen molar-refractivity contribution < 1.29 is 14.6 Å². The van der Waals surface area contributed by atoms with Crippen LogP contribution < -0.4 is 4.74 Å². The molecule has 122 valence electrons. The van der Waals surface area contributed by atoms with E-state index in [1.165, 1.54) is 11.1 Å². The molecule has 2 aromatic rings. The van der Waals surface area contributed by atoms with Crippen LogP contribution in [0.3, 0.4) is 0 Å². The molecular weight excluding hydrogens is 288 g/mol. The number of ether oxygens (including phenoxy) is 1. The normalized spacial score (nSPS) is 10.8. The fraction of sp³-hybridized carbons (Fsp3) is 0.350. The Balaban J connectivity index is 2.52. The summed E-state index contributed by atoms with van der Waals surface area (Å²) >= 11 is 0. The number of hydrogen-bond donors (Lipinski definition) is 1. The monoisotopic (exact) mass is 312 g/mol. The molecule has 0 aliphatic rings. The largest absolute Gasteiger partial charge is 0.496 e. The Morgan fingerprint density at radius 2 is 1.87 bits per heavy atom. The third-order valence-electron chi connectivity index (χ3n) is 4.01. The quantitative estimate of drug-likeness (QED) is 0.832. The molecule has 0 atom stereocenters. The number of hydrogen-bond acceptors (Lipinski definition) is 2. The molecule has 0 bridgehead atoms. The van der Waals surface area contributed by atoms with Crippen LogP contribution in [0.4, 0.5) is 0 Å². The van der Waals surface area contributed by atoms with Crippen molar-refractivity contribution in [3.05, 3.63) is 53.1 Å². The third-order valence-corrected chi connectivity index (χ3v) is 4.01. The zero-order chi connectivity index (χ0) is 17.0. The van der Waals surface area contributed by atoms with E-state index in [0.717, 1.165) is 22.4 Å². The van der Waals surface area contributed by atoms with Crippen LogP contribution in [-0.2, 0) is 11.2 Å². The summed E-state index contributed by atoms with van der Waals surface area (Å²) in [5.74, 6) is 0.438. The molecule has 0 saturated carbocycles. The Kier molecular flexibility index (Phi) is 5.43. The molecule has 0 aliphatic heterocycles. The molecule has 0 fully saturated rings. The minimum absolute atomic E-state index is 0.136. The van der Waals surface area contributed by atoms with Crippen molar-refractivity contribution in [1.29, 1.82) is 0 Å². The average Bonchev–Trinajstić information content (AvgIpc) is 2.52. The molecule has 0 spiro atoms. The first-order valence-electron chi connectivity index (χ1n) is 7.92. The lowest BCUT2D eigenvalue weighted by Gasteiger charge is -2.17. The van der Waals surface area contributed by atoms with Crippen molar-refractivity contribution in [2.45, 2.75) is 39.5 Å². The molecule has 0 amide bonds. The molecule has 3 heteroatoms. The van der Waals surface area contributed by atoms with Gasteiger partial charge in [0.05, 0.1) is 7.11 Å². The minimum atomic E-state index is -0.777. The first-order valence-corrected chi connectivity index (χ1v) is 7.92. The summed E-state index contributed by atoms with van der Waals surface area (Å²) in [6, 6.07) is 12.4. The van der Waals surface area contributed by atoms with Gasteiger partial charge < -0.3 is 9.84 Å². The lowest BCUT2D eigenvalue weighted by molar-refractivity contribution is -0.136. The molecule has 0 unspecified atom stereocenters. The van der Waals surface area contributed by atoms with Gasteiger partial charge in [-0.2, -0.15) is 0 Å². The second-order valence-electron chi connectivity index (χ2n) is 6.17. The van der Waals surface area contributed by atoms with Crippen molar-refractivity contribution in [3.63, 3.8) is 0 Å². The van der Waals surface area contributed by atoms with E-state index in [2.05, 4.69) is 45.0 Å². The van der Waals surface area contributed by atoms with Crippen molar-refractivity contribution in [1.82, 2.24) is 0 Å². The Hall–Kier alpha value is -2.29. The van der Waals surface area contributed by atoms with Crippen molar-refractivity contribution in [2.75, 3.05) is 7.11 Å². The number of aryl methyl sites for hydroxylation is 2. The van der Waals surface area contributed by atoms with Gasteiger partial charge in [0.25, 0.3) is 0 Å². The van der Waals surface area contributed by atoms with Crippen LogP contribution >= 0.6 is 0 Å². The van der Waals surface area contributed by atoms with E-state index in [0.29, 0.717) is 12.3 Å². The molecule has 23 heavy (non-hydrogen) atoms. The number of benzene rings is 2. The highest BCUT2D eigenvalue weighted by molar-refractivity contribution is 5.75. The van der Waals surface area contributed by atoms with Crippen molar-refractivity contribution >= 4 is 5.97 Å². The topological polar surface area (TPSA) is 46.5 Å². The standard InChI is InChI=1S/C20H24O3/c1-13(2)17-11-14(3)5-8-16(17)18-12-15(7-10-20(21)22)6-9-19(18)23-4/h5-6,8-9,11-13H,7,10H2,1-4H3,(H,21,22). The summed E-state index contributed by atoms with van der Waals surface area (Å²) in [4.78, 5) is 10.8.